The summed E-state index contributed by atoms with van der Waals surface area (Å²) in [5, 5.41) is 9.64. The van der Waals surface area contributed by atoms with Crippen molar-refractivity contribution >= 4 is 5.91 Å². The summed E-state index contributed by atoms with van der Waals surface area (Å²) in [6.07, 6.45) is 1.32. The number of piperidine rings is 1. The van der Waals surface area contributed by atoms with Crippen LogP contribution in [0.4, 0.5) is 0 Å². The van der Waals surface area contributed by atoms with Gasteiger partial charge in [0.25, 0.3) is 5.91 Å². The molecule has 1 atom stereocenters. The van der Waals surface area contributed by atoms with E-state index < -0.39 is 0 Å². The van der Waals surface area contributed by atoms with E-state index in [-0.39, 0.29) is 17.9 Å². The van der Waals surface area contributed by atoms with E-state index in [2.05, 4.69) is 0 Å². The molecule has 1 aliphatic rings. The van der Waals surface area contributed by atoms with Crippen molar-refractivity contribution in [3.63, 3.8) is 0 Å². The molecule has 1 N–H and O–H groups in total. The molecule has 21 heavy (non-hydrogen) atoms. The lowest BCUT2D eigenvalue weighted by atomic mass is 9.92. The fraction of sp³-hybridized carbons (Fsp3) is 0.562. The second-order valence-corrected chi connectivity index (χ2v) is 5.41. The van der Waals surface area contributed by atoms with E-state index in [1.54, 1.807) is 37.3 Å². The van der Waals surface area contributed by atoms with Crippen LogP contribution in [0.3, 0.4) is 0 Å². The first kappa shape index (κ1) is 15.6. The molecule has 0 aliphatic carbocycles. The molecular formula is C16H23NO4. The second-order valence-electron chi connectivity index (χ2n) is 5.41. The van der Waals surface area contributed by atoms with E-state index in [0.29, 0.717) is 30.2 Å². The highest BCUT2D eigenvalue weighted by atomic mass is 16.5. The molecule has 1 heterocycles. The monoisotopic (exact) mass is 293 g/mol. The highest BCUT2D eigenvalue weighted by Gasteiger charge is 2.29. The van der Waals surface area contributed by atoms with Crippen LogP contribution in [-0.2, 0) is 0 Å². The van der Waals surface area contributed by atoms with Crippen LogP contribution in [0.15, 0.2) is 18.2 Å². The van der Waals surface area contributed by atoms with Gasteiger partial charge >= 0.3 is 0 Å². The van der Waals surface area contributed by atoms with E-state index in [1.165, 1.54) is 0 Å². The Kier molecular flexibility index (Phi) is 5.07. The number of amides is 1. The zero-order valence-corrected chi connectivity index (χ0v) is 12.8. The fourth-order valence-corrected chi connectivity index (χ4v) is 2.81. The number of aliphatic hydroxyl groups is 1. The lowest BCUT2D eigenvalue weighted by Gasteiger charge is -2.33. The number of hydrogen-bond donors (Lipinski definition) is 1. The zero-order chi connectivity index (χ0) is 15.4. The minimum Gasteiger partial charge on any atom is -0.496 e. The number of ether oxygens (including phenoxy) is 2. The molecule has 0 bridgehead atoms. The quantitative estimate of drug-likeness (QED) is 0.921. The molecule has 1 aliphatic heterocycles. The first-order valence-electron chi connectivity index (χ1n) is 7.26. The molecule has 1 aromatic rings. The van der Waals surface area contributed by atoms with Gasteiger partial charge in [-0.05, 0) is 37.8 Å². The summed E-state index contributed by atoms with van der Waals surface area (Å²) in [5.74, 6) is 1.25. The van der Waals surface area contributed by atoms with Crippen LogP contribution in [0.25, 0.3) is 0 Å². The van der Waals surface area contributed by atoms with Crippen molar-refractivity contribution < 1.29 is 19.4 Å². The summed E-state index contributed by atoms with van der Waals surface area (Å²) in [7, 11) is 3.09. The third kappa shape index (κ3) is 3.29. The van der Waals surface area contributed by atoms with Crippen molar-refractivity contribution in [3.8, 4) is 11.5 Å². The molecule has 1 amide bonds. The molecule has 0 radical (unpaired) electrons. The number of likely N-dealkylation sites (tertiary alicyclic amines) is 1. The van der Waals surface area contributed by atoms with E-state index >= 15 is 0 Å². The maximum atomic E-state index is 12.7. The lowest BCUT2D eigenvalue weighted by Crippen LogP contribution is -2.41. The molecular weight excluding hydrogens is 270 g/mol. The fourth-order valence-electron chi connectivity index (χ4n) is 2.81. The van der Waals surface area contributed by atoms with Crippen molar-refractivity contribution in [1.82, 2.24) is 4.90 Å². The number of carbonyl (C=O) groups excluding carboxylic acids is 1. The molecule has 1 aromatic carbocycles. The van der Waals surface area contributed by atoms with Gasteiger partial charge in [-0.2, -0.15) is 0 Å². The number of carbonyl (C=O) groups is 1. The van der Waals surface area contributed by atoms with Gasteiger partial charge in [-0.25, -0.2) is 0 Å². The number of benzene rings is 1. The van der Waals surface area contributed by atoms with Gasteiger partial charge in [0, 0.05) is 13.1 Å². The standard InChI is InChI=1S/C16H23NO4/c1-11(18)12-7-9-17(10-8-12)16(19)15-13(20-2)5-4-6-14(15)21-3/h4-6,11-12,18H,7-10H2,1-3H3. The Labute approximate surface area is 125 Å². The molecule has 116 valence electrons. The van der Waals surface area contributed by atoms with Crippen molar-refractivity contribution in [1.29, 1.82) is 0 Å². The van der Waals surface area contributed by atoms with Gasteiger partial charge in [-0.1, -0.05) is 6.07 Å². The number of aliphatic hydroxyl groups excluding tert-OH is 1. The van der Waals surface area contributed by atoms with E-state index in [0.717, 1.165) is 12.8 Å². The third-order valence-electron chi connectivity index (χ3n) is 4.15. The molecule has 1 saturated heterocycles. The van der Waals surface area contributed by atoms with Crippen LogP contribution in [0, 0.1) is 5.92 Å². The average molecular weight is 293 g/mol. The topological polar surface area (TPSA) is 59.0 Å². The van der Waals surface area contributed by atoms with Gasteiger partial charge in [-0.3, -0.25) is 4.79 Å². The minimum absolute atomic E-state index is 0.0756. The Morgan fingerprint density at radius 2 is 1.76 bits per heavy atom. The Bertz CT molecular complexity index is 471. The number of rotatable bonds is 4. The molecule has 1 fully saturated rings. The van der Waals surface area contributed by atoms with Gasteiger partial charge in [-0.15, -0.1) is 0 Å². The van der Waals surface area contributed by atoms with E-state index in [4.69, 9.17) is 9.47 Å². The highest BCUT2D eigenvalue weighted by molar-refractivity contribution is 5.99. The van der Waals surface area contributed by atoms with Crippen LogP contribution >= 0.6 is 0 Å². The normalized spacial score (nSPS) is 17.4. The lowest BCUT2D eigenvalue weighted by molar-refractivity contribution is 0.0516. The van der Waals surface area contributed by atoms with Crippen LogP contribution < -0.4 is 9.47 Å². The Morgan fingerprint density at radius 3 is 2.19 bits per heavy atom. The summed E-state index contributed by atoms with van der Waals surface area (Å²) in [6, 6.07) is 5.32. The Hall–Kier alpha value is -1.75. The van der Waals surface area contributed by atoms with Crippen LogP contribution in [0.5, 0.6) is 11.5 Å². The molecule has 1 unspecified atom stereocenters. The van der Waals surface area contributed by atoms with Gasteiger partial charge < -0.3 is 19.5 Å². The summed E-state index contributed by atoms with van der Waals surface area (Å²) < 4.78 is 10.6. The second kappa shape index (κ2) is 6.80. The summed E-state index contributed by atoms with van der Waals surface area (Å²) in [6.45, 7) is 3.11. The average Bonchev–Trinajstić information content (AvgIpc) is 2.53. The van der Waals surface area contributed by atoms with Crippen molar-refractivity contribution in [2.45, 2.75) is 25.9 Å². The minimum atomic E-state index is -0.317. The number of nitrogens with zero attached hydrogens (tertiary/aromatic N) is 1. The molecule has 0 spiro atoms. The van der Waals surface area contributed by atoms with Crippen molar-refractivity contribution in [3.05, 3.63) is 23.8 Å². The van der Waals surface area contributed by atoms with Crippen LogP contribution in [-0.4, -0.2) is 49.3 Å². The van der Waals surface area contributed by atoms with Gasteiger partial charge in [0.1, 0.15) is 17.1 Å². The maximum Gasteiger partial charge on any atom is 0.261 e. The predicted octanol–water partition coefficient (Wildman–Crippen LogP) is 1.94. The highest BCUT2D eigenvalue weighted by Crippen LogP contribution is 2.31. The zero-order valence-electron chi connectivity index (χ0n) is 12.8. The SMILES string of the molecule is COc1cccc(OC)c1C(=O)N1CCC(C(C)O)CC1. The first-order valence-corrected chi connectivity index (χ1v) is 7.26. The van der Waals surface area contributed by atoms with Crippen LogP contribution in [0.2, 0.25) is 0 Å². The smallest absolute Gasteiger partial charge is 0.261 e. The molecule has 5 nitrogen and oxygen atoms in total. The van der Waals surface area contributed by atoms with E-state index in [1.807, 2.05) is 6.92 Å². The molecule has 0 saturated carbocycles. The number of methoxy groups -OCH3 is 2. The van der Waals surface area contributed by atoms with Gasteiger partial charge in [0.2, 0.25) is 0 Å². The Balaban J connectivity index is 2.18. The summed E-state index contributed by atoms with van der Waals surface area (Å²) in [4.78, 5) is 14.5. The molecule has 2 rings (SSSR count). The third-order valence-corrected chi connectivity index (χ3v) is 4.15. The van der Waals surface area contributed by atoms with E-state index in [9.17, 15) is 9.90 Å². The summed E-state index contributed by atoms with van der Waals surface area (Å²) in [5.41, 5.74) is 0.470. The van der Waals surface area contributed by atoms with Crippen molar-refractivity contribution in [2.24, 2.45) is 5.92 Å². The largest absolute Gasteiger partial charge is 0.496 e. The first-order chi connectivity index (χ1) is 10.1. The summed E-state index contributed by atoms with van der Waals surface area (Å²) >= 11 is 0. The number of hydrogen-bond acceptors (Lipinski definition) is 4. The molecule has 0 aromatic heterocycles. The van der Waals surface area contributed by atoms with Gasteiger partial charge in [0.05, 0.1) is 20.3 Å². The van der Waals surface area contributed by atoms with Gasteiger partial charge in [0.15, 0.2) is 0 Å². The predicted molar refractivity (Wildman–Crippen MR) is 79.9 cm³/mol. The molecule has 5 heteroatoms. The maximum absolute atomic E-state index is 12.7. The van der Waals surface area contributed by atoms with Crippen molar-refractivity contribution in [2.75, 3.05) is 27.3 Å². The van der Waals surface area contributed by atoms with Crippen LogP contribution in [0.1, 0.15) is 30.1 Å². The Morgan fingerprint density at radius 1 is 1.24 bits per heavy atom.